The van der Waals surface area contributed by atoms with E-state index in [9.17, 15) is 9.90 Å². The van der Waals surface area contributed by atoms with E-state index in [0.717, 1.165) is 19.3 Å². The van der Waals surface area contributed by atoms with Crippen LogP contribution in [0, 0.1) is 11.8 Å². The third kappa shape index (κ3) is 3.21. The predicted molar refractivity (Wildman–Crippen MR) is 77.4 cm³/mol. The molecule has 0 spiro atoms. The molecule has 3 nitrogen and oxygen atoms in total. The van der Waals surface area contributed by atoms with Gasteiger partial charge in [0.2, 0.25) is 0 Å². The molecule has 3 N–H and O–H groups in total. The maximum atomic E-state index is 11.7. The Hall–Kier alpha value is -1.22. The minimum atomic E-state index is -0.798. The third-order valence-electron chi connectivity index (χ3n) is 4.10. The fourth-order valence-corrected chi connectivity index (χ4v) is 3.37. The Labute approximate surface area is 118 Å². The van der Waals surface area contributed by atoms with Gasteiger partial charge in [-0.2, -0.15) is 0 Å². The molecule has 104 valence electrons. The lowest BCUT2D eigenvalue weighted by molar-refractivity contribution is -0.140. The molecule has 0 amide bonds. The molecule has 3 atom stereocenters. The van der Waals surface area contributed by atoms with E-state index < -0.39 is 11.9 Å². The number of carbonyl (C=O) groups is 1. The van der Waals surface area contributed by atoms with Crippen LogP contribution >= 0.6 is 11.6 Å². The van der Waals surface area contributed by atoms with Gasteiger partial charge in [0.05, 0.1) is 5.92 Å². The Kier molecular flexibility index (Phi) is 4.35. The fraction of sp³-hybridized carbons (Fsp3) is 0.533. The molecule has 4 heteroatoms. The number of hydrogen-bond donors (Lipinski definition) is 2. The summed E-state index contributed by atoms with van der Waals surface area (Å²) in [6.07, 6.45) is 4.18. The summed E-state index contributed by atoms with van der Waals surface area (Å²) in [6, 6.07) is 5.09. The van der Waals surface area contributed by atoms with Crippen LogP contribution in [0.25, 0.3) is 0 Å². The SMILES string of the molecule is CC1CCCC(C(C(=O)O)c2cc(Cl)ccc2N)C1. The van der Waals surface area contributed by atoms with Crippen LogP contribution in [0.1, 0.15) is 44.1 Å². The number of hydrogen-bond acceptors (Lipinski definition) is 2. The zero-order chi connectivity index (χ0) is 14.0. The van der Waals surface area contributed by atoms with Crippen molar-refractivity contribution >= 4 is 23.3 Å². The van der Waals surface area contributed by atoms with Crippen LogP contribution in [0.4, 0.5) is 5.69 Å². The molecule has 2 rings (SSSR count). The quantitative estimate of drug-likeness (QED) is 0.826. The van der Waals surface area contributed by atoms with Gasteiger partial charge in [-0.05, 0) is 48.4 Å². The van der Waals surface area contributed by atoms with Crippen molar-refractivity contribution in [3.63, 3.8) is 0 Å². The number of nitrogen functional groups attached to an aromatic ring is 1. The second-order valence-corrected chi connectivity index (χ2v) is 6.06. The number of nitrogens with two attached hydrogens (primary N) is 1. The van der Waals surface area contributed by atoms with Gasteiger partial charge in [0.1, 0.15) is 0 Å². The highest BCUT2D eigenvalue weighted by Crippen LogP contribution is 2.40. The lowest BCUT2D eigenvalue weighted by Gasteiger charge is -2.31. The zero-order valence-electron chi connectivity index (χ0n) is 11.1. The number of carboxylic acid groups (broad SMARTS) is 1. The van der Waals surface area contributed by atoms with E-state index in [1.807, 2.05) is 0 Å². The minimum Gasteiger partial charge on any atom is -0.481 e. The summed E-state index contributed by atoms with van der Waals surface area (Å²) in [5, 5.41) is 10.1. The summed E-state index contributed by atoms with van der Waals surface area (Å²) in [6.45, 7) is 2.19. The van der Waals surface area contributed by atoms with E-state index in [1.165, 1.54) is 6.42 Å². The van der Waals surface area contributed by atoms with Crippen molar-refractivity contribution in [2.24, 2.45) is 11.8 Å². The summed E-state index contributed by atoms with van der Waals surface area (Å²) >= 11 is 5.98. The number of halogens is 1. The maximum absolute atomic E-state index is 11.7. The molecule has 1 aromatic rings. The average Bonchev–Trinajstić information content (AvgIpc) is 2.33. The summed E-state index contributed by atoms with van der Waals surface area (Å²) in [5.41, 5.74) is 7.14. The molecule has 0 aromatic heterocycles. The van der Waals surface area contributed by atoms with Crippen molar-refractivity contribution < 1.29 is 9.90 Å². The molecule has 0 saturated heterocycles. The first-order valence-electron chi connectivity index (χ1n) is 6.76. The van der Waals surface area contributed by atoms with Crippen molar-refractivity contribution in [1.82, 2.24) is 0 Å². The average molecular weight is 282 g/mol. The van der Waals surface area contributed by atoms with Crippen molar-refractivity contribution in [2.45, 2.75) is 38.5 Å². The first kappa shape index (κ1) is 14.2. The molecule has 0 heterocycles. The van der Waals surface area contributed by atoms with Crippen LogP contribution in [-0.4, -0.2) is 11.1 Å². The molecule has 1 aliphatic carbocycles. The van der Waals surface area contributed by atoms with Gasteiger partial charge in [0.25, 0.3) is 0 Å². The molecular weight excluding hydrogens is 262 g/mol. The lowest BCUT2D eigenvalue weighted by Crippen LogP contribution is -2.26. The van der Waals surface area contributed by atoms with Crippen LogP contribution in [0.2, 0.25) is 5.02 Å². The molecule has 1 aromatic carbocycles. The van der Waals surface area contributed by atoms with Crippen LogP contribution in [0.15, 0.2) is 18.2 Å². The van der Waals surface area contributed by atoms with E-state index in [0.29, 0.717) is 22.2 Å². The topological polar surface area (TPSA) is 63.3 Å². The van der Waals surface area contributed by atoms with Gasteiger partial charge in [-0.3, -0.25) is 4.79 Å². The van der Waals surface area contributed by atoms with E-state index in [4.69, 9.17) is 17.3 Å². The summed E-state index contributed by atoms with van der Waals surface area (Å²) < 4.78 is 0. The van der Waals surface area contributed by atoms with Gasteiger partial charge >= 0.3 is 5.97 Å². The number of anilines is 1. The van der Waals surface area contributed by atoms with Crippen LogP contribution in [0.5, 0.6) is 0 Å². The van der Waals surface area contributed by atoms with Crippen LogP contribution in [-0.2, 0) is 4.79 Å². The molecule has 19 heavy (non-hydrogen) atoms. The summed E-state index contributed by atoms with van der Waals surface area (Å²) in [5.74, 6) is -0.599. The largest absolute Gasteiger partial charge is 0.481 e. The number of benzene rings is 1. The standard InChI is InChI=1S/C15H20ClNO2/c1-9-3-2-4-10(7-9)14(15(18)19)12-8-11(16)5-6-13(12)17/h5-6,8-10,14H,2-4,7,17H2,1H3,(H,18,19). The van der Waals surface area contributed by atoms with Gasteiger partial charge in [0.15, 0.2) is 0 Å². The van der Waals surface area contributed by atoms with E-state index in [-0.39, 0.29) is 5.92 Å². The molecule has 0 radical (unpaired) electrons. The first-order chi connectivity index (χ1) is 8.99. The van der Waals surface area contributed by atoms with Gasteiger partial charge in [0, 0.05) is 10.7 Å². The normalized spacial score (nSPS) is 24.9. The Morgan fingerprint density at radius 2 is 2.21 bits per heavy atom. The van der Waals surface area contributed by atoms with Crippen molar-refractivity contribution in [3.8, 4) is 0 Å². The number of aliphatic carboxylic acids is 1. The monoisotopic (exact) mass is 281 g/mol. The third-order valence-corrected chi connectivity index (χ3v) is 4.33. The Morgan fingerprint density at radius 3 is 2.84 bits per heavy atom. The molecule has 1 fully saturated rings. The highest BCUT2D eigenvalue weighted by Gasteiger charge is 2.34. The van der Waals surface area contributed by atoms with E-state index in [1.54, 1.807) is 18.2 Å². The molecule has 1 aliphatic rings. The molecule has 3 unspecified atom stereocenters. The molecule has 1 saturated carbocycles. The van der Waals surface area contributed by atoms with E-state index in [2.05, 4.69) is 6.92 Å². The second kappa shape index (κ2) is 5.83. The predicted octanol–water partition coefficient (Wildman–Crippen LogP) is 3.92. The van der Waals surface area contributed by atoms with Gasteiger partial charge < -0.3 is 10.8 Å². The molecule has 0 bridgehead atoms. The number of rotatable bonds is 3. The minimum absolute atomic E-state index is 0.155. The smallest absolute Gasteiger partial charge is 0.311 e. The van der Waals surface area contributed by atoms with E-state index >= 15 is 0 Å². The van der Waals surface area contributed by atoms with Gasteiger partial charge in [-0.25, -0.2) is 0 Å². The molecule has 0 aliphatic heterocycles. The van der Waals surface area contributed by atoms with Crippen LogP contribution < -0.4 is 5.73 Å². The number of carboxylic acids is 1. The second-order valence-electron chi connectivity index (χ2n) is 5.62. The highest BCUT2D eigenvalue weighted by molar-refractivity contribution is 6.30. The first-order valence-corrected chi connectivity index (χ1v) is 7.14. The van der Waals surface area contributed by atoms with Crippen molar-refractivity contribution in [3.05, 3.63) is 28.8 Å². The maximum Gasteiger partial charge on any atom is 0.311 e. The zero-order valence-corrected chi connectivity index (χ0v) is 11.9. The Morgan fingerprint density at radius 1 is 1.47 bits per heavy atom. The summed E-state index contributed by atoms with van der Waals surface area (Å²) in [4.78, 5) is 11.7. The Balaban J connectivity index is 2.34. The Bertz CT molecular complexity index is 475. The van der Waals surface area contributed by atoms with Gasteiger partial charge in [-0.1, -0.05) is 31.4 Å². The van der Waals surface area contributed by atoms with Crippen molar-refractivity contribution in [2.75, 3.05) is 5.73 Å². The fourth-order valence-electron chi connectivity index (χ4n) is 3.19. The lowest BCUT2D eigenvalue weighted by atomic mass is 9.73. The van der Waals surface area contributed by atoms with Crippen LogP contribution in [0.3, 0.4) is 0 Å². The van der Waals surface area contributed by atoms with Gasteiger partial charge in [-0.15, -0.1) is 0 Å². The molecular formula is C15H20ClNO2. The summed E-state index contributed by atoms with van der Waals surface area (Å²) in [7, 11) is 0. The highest BCUT2D eigenvalue weighted by atomic mass is 35.5. The van der Waals surface area contributed by atoms with Crippen molar-refractivity contribution in [1.29, 1.82) is 0 Å².